The van der Waals surface area contributed by atoms with Gasteiger partial charge in [0.25, 0.3) is 5.53 Å². The molecule has 16 heavy (non-hydrogen) atoms. The van der Waals surface area contributed by atoms with Crippen molar-refractivity contribution in [2.45, 2.75) is 32.7 Å². The van der Waals surface area contributed by atoms with Crippen molar-refractivity contribution in [1.29, 1.82) is 0 Å². The maximum absolute atomic E-state index is 12.0. The highest BCUT2D eigenvalue weighted by molar-refractivity contribution is 7.91. The fourth-order valence-electron chi connectivity index (χ4n) is 3.87. The summed E-state index contributed by atoms with van der Waals surface area (Å²) in [4.78, 5) is 0. The molecule has 10 heteroatoms. The Morgan fingerprint density at radius 1 is 1.00 bits per heavy atom. The summed E-state index contributed by atoms with van der Waals surface area (Å²) in [6.07, 6.45) is 0. The van der Waals surface area contributed by atoms with E-state index in [1.807, 2.05) is 0 Å². The van der Waals surface area contributed by atoms with Crippen LogP contribution in [0.4, 0.5) is 0 Å². The molecule has 5 N–H and O–H groups in total. The maximum atomic E-state index is 12.0. The van der Waals surface area contributed by atoms with E-state index < -0.39 is 47.0 Å². The Labute approximate surface area is 87.2 Å². The van der Waals surface area contributed by atoms with Gasteiger partial charge in [0, 0.05) is 0 Å². The first-order chi connectivity index (χ1) is 7.11. The first-order valence-electron chi connectivity index (χ1n) is 4.59. The van der Waals surface area contributed by atoms with Crippen molar-refractivity contribution in [2.24, 2.45) is 0 Å². The fraction of sp³-hybridized carbons (Fsp3) is 1.00. The first kappa shape index (κ1) is 9.19. The van der Waals surface area contributed by atoms with Crippen LogP contribution in [-0.2, 0) is 13.9 Å². The summed E-state index contributed by atoms with van der Waals surface area (Å²) in [5.41, 5.74) is -2.44. The van der Waals surface area contributed by atoms with Crippen molar-refractivity contribution in [1.82, 2.24) is 0 Å². The summed E-state index contributed by atoms with van der Waals surface area (Å²) in [6, 6.07) is 0. The second kappa shape index (κ2) is 1.44. The molecule has 3 unspecified atom stereocenters. The lowest BCUT2D eigenvalue weighted by Gasteiger charge is -2.41. The van der Waals surface area contributed by atoms with Crippen LogP contribution in [0.15, 0.2) is 0 Å². The second-order valence-electron chi connectivity index (χ2n) is 5.06. The third-order valence-electron chi connectivity index (χ3n) is 5.01. The summed E-state index contributed by atoms with van der Waals surface area (Å²) in [5, 5.41) is 39.4. The van der Waals surface area contributed by atoms with Gasteiger partial charge in [0.15, 0.2) is 13.0 Å². The molecular formula is C6H6O8P2. The molecule has 6 heterocycles. The van der Waals surface area contributed by atoms with Gasteiger partial charge in [-0.2, -0.15) is 0 Å². The Morgan fingerprint density at radius 2 is 1.50 bits per heavy atom. The predicted octanol–water partition coefficient (Wildman–Crippen LogP) is -2.48. The molecule has 0 aromatic heterocycles. The quantitative estimate of drug-likeness (QED) is 0.304. The third kappa shape index (κ3) is 0.299. The van der Waals surface area contributed by atoms with Gasteiger partial charge >= 0.3 is 0 Å². The monoisotopic (exact) mass is 268 g/mol. The van der Waals surface area contributed by atoms with E-state index in [1.165, 1.54) is 0 Å². The molecule has 8 nitrogen and oxygen atoms in total. The zero-order valence-electron chi connectivity index (χ0n) is 7.43. The molecule has 0 aromatic rings. The van der Waals surface area contributed by atoms with Crippen molar-refractivity contribution >= 4 is 14.3 Å². The van der Waals surface area contributed by atoms with Crippen molar-refractivity contribution < 1.29 is 39.4 Å². The Balaban J connectivity index is 1.85. The van der Waals surface area contributed by atoms with Crippen molar-refractivity contribution in [2.75, 3.05) is 0 Å². The van der Waals surface area contributed by atoms with E-state index >= 15 is 0 Å². The van der Waals surface area contributed by atoms with E-state index in [1.54, 1.807) is 0 Å². The topological polar surface area (TPSA) is 145 Å². The van der Waals surface area contributed by atoms with Gasteiger partial charge < -0.3 is 39.4 Å². The van der Waals surface area contributed by atoms with Gasteiger partial charge in [0.2, 0.25) is 28.5 Å². The molecule has 0 aliphatic carbocycles. The molecule has 8 atom stereocenters. The minimum Gasteiger partial charge on any atom is -0.381 e. The Bertz CT molecular complexity index is 630. The molecule has 0 amide bonds. The second-order valence-corrected chi connectivity index (χ2v) is 11.3. The Kier molecular flexibility index (Phi) is 0.827. The third-order valence-corrected chi connectivity index (χ3v) is 12.9. The molecule has 0 radical (unpaired) electrons. The lowest BCUT2D eigenvalue weighted by Crippen LogP contribution is -2.66. The molecule has 0 aromatic carbocycles. The van der Waals surface area contributed by atoms with Crippen LogP contribution >= 0.6 is 14.3 Å². The van der Waals surface area contributed by atoms with Crippen LogP contribution in [0, 0.1) is 0 Å². The van der Waals surface area contributed by atoms with Crippen molar-refractivity contribution in [3.8, 4) is 0 Å². The van der Waals surface area contributed by atoms with Crippen LogP contribution < -0.4 is 0 Å². The van der Waals surface area contributed by atoms with Crippen LogP contribution in [0.2, 0.25) is 0 Å². The minimum absolute atomic E-state index is 1.46. The molecule has 6 aliphatic rings. The van der Waals surface area contributed by atoms with Crippen LogP contribution in [0.3, 0.4) is 0 Å². The maximum Gasteiger partial charge on any atom is 0.267 e. The van der Waals surface area contributed by atoms with Gasteiger partial charge in [-0.05, 0) is 0 Å². The minimum atomic E-state index is -3.92. The van der Waals surface area contributed by atoms with Crippen molar-refractivity contribution in [3.05, 3.63) is 0 Å². The SMILES string of the molecule is O=P12C(O)[C@]13O[C@@]1(O)[C@@]4(O)[C@@](O)([C@@]32O)P41=O. The lowest BCUT2D eigenvalue weighted by molar-refractivity contribution is -0.307. The molecule has 6 rings (SSSR count). The van der Waals surface area contributed by atoms with E-state index in [-0.39, 0.29) is 0 Å². The summed E-state index contributed by atoms with van der Waals surface area (Å²) >= 11 is 0. The number of ether oxygens (including phenoxy) is 1. The molecule has 1 spiro atoms. The van der Waals surface area contributed by atoms with E-state index in [0.717, 1.165) is 0 Å². The largest absolute Gasteiger partial charge is 0.381 e. The summed E-state index contributed by atoms with van der Waals surface area (Å²) in [7, 11) is -7.57. The highest BCUT2D eigenvalue weighted by Gasteiger charge is 3.35. The summed E-state index contributed by atoms with van der Waals surface area (Å²) in [6.45, 7) is 0. The van der Waals surface area contributed by atoms with Gasteiger partial charge in [-0.15, -0.1) is 0 Å². The van der Waals surface area contributed by atoms with Gasteiger partial charge in [-0.3, -0.25) is 0 Å². The van der Waals surface area contributed by atoms with Gasteiger partial charge in [-0.25, -0.2) is 0 Å². The predicted molar refractivity (Wildman–Crippen MR) is 44.8 cm³/mol. The van der Waals surface area contributed by atoms with Gasteiger partial charge in [-0.1, -0.05) is 0 Å². The lowest BCUT2D eigenvalue weighted by atomic mass is 9.98. The number of rotatable bonds is 0. The standard InChI is InChI=1S/C6H6O8P2/c7-1-2-3(8,15(1,2)12)4(9)5(10)6(11,14-2)16(4,5)13/h1,7-11H/t1?,2-,3+,4+,5+,6-,15?,16?/m0/s1. The number of hydrogen-bond donors (Lipinski definition) is 5. The molecule has 6 saturated heterocycles. The number of hydrogen-bond acceptors (Lipinski definition) is 8. The van der Waals surface area contributed by atoms with E-state index in [0.29, 0.717) is 0 Å². The molecule has 2 bridgehead atoms. The molecular weight excluding hydrogens is 262 g/mol. The zero-order chi connectivity index (χ0) is 11.8. The average Bonchev–Trinajstić information content (AvgIpc) is 3.08. The number of aliphatic hydroxyl groups excluding tert-OH is 1. The molecule has 6 fully saturated rings. The Morgan fingerprint density at radius 3 is 1.94 bits per heavy atom. The van der Waals surface area contributed by atoms with E-state index in [4.69, 9.17) is 4.74 Å². The first-order valence-corrected chi connectivity index (χ1v) is 8.07. The normalized spacial score (nSPS) is 93.4. The molecule has 6 aliphatic heterocycles. The highest BCUT2D eigenvalue weighted by Crippen LogP contribution is 3.28. The molecule has 0 saturated carbocycles. The van der Waals surface area contributed by atoms with Crippen LogP contribution in [0.25, 0.3) is 0 Å². The fourth-order valence-corrected chi connectivity index (χ4v) is 12.8. The van der Waals surface area contributed by atoms with E-state index in [9.17, 15) is 34.7 Å². The zero-order valence-corrected chi connectivity index (χ0v) is 9.22. The van der Waals surface area contributed by atoms with E-state index in [2.05, 4.69) is 0 Å². The average molecular weight is 268 g/mol. The highest BCUT2D eigenvalue weighted by atomic mass is 31.2. The number of aliphatic hydroxyl groups is 5. The smallest absolute Gasteiger partial charge is 0.267 e. The summed E-state index contributed by atoms with van der Waals surface area (Å²) in [5.74, 6) is -1.46. The molecule has 88 valence electrons. The van der Waals surface area contributed by atoms with Gasteiger partial charge in [0.05, 0.1) is 0 Å². The van der Waals surface area contributed by atoms with Crippen molar-refractivity contribution in [3.63, 3.8) is 0 Å². The van der Waals surface area contributed by atoms with Crippen LogP contribution in [-0.4, -0.2) is 58.3 Å². The summed E-state index contributed by atoms with van der Waals surface area (Å²) < 4.78 is 28.7. The van der Waals surface area contributed by atoms with Crippen LogP contribution in [0.5, 0.6) is 0 Å². The van der Waals surface area contributed by atoms with Crippen LogP contribution in [0.1, 0.15) is 0 Å². The Hall–Kier alpha value is 0.220. The van der Waals surface area contributed by atoms with Gasteiger partial charge in [0.1, 0.15) is 0 Å².